The molecule has 1 N–H and O–H groups in total. The average molecular weight is 238 g/mol. The molecule has 1 aliphatic carbocycles. The molecule has 0 radical (unpaired) electrons. The maximum absolute atomic E-state index is 5.17. The number of aromatic nitrogens is 3. The molecule has 17 heavy (non-hydrogen) atoms. The van der Waals surface area contributed by atoms with Gasteiger partial charge in [-0.05, 0) is 25.8 Å². The molecule has 1 unspecified atom stereocenters. The van der Waals surface area contributed by atoms with Crippen LogP contribution in [0.15, 0.2) is 0 Å². The molecule has 1 heterocycles. The smallest absolute Gasteiger partial charge is 0.0999 e. The van der Waals surface area contributed by atoms with Crippen molar-refractivity contribution >= 4 is 0 Å². The summed E-state index contributed by atoms with van der Waals surface area (Å²) in [7, 11) is 3.69. The van der Waals surface area contributed by atoms with Crippen LogP contribution >= 0.6 is 0 Å². The number of ether oxygens (including phenoxy) is 1. The van der Waals surface area contributed by atoms with Crippen LogP contribution in [0.5, 0.6) is 0 Å². The SMILES string of the molecule is CNCc1nnn(CC(C)COC)c1C1CC1. The average Bonchev–Trinajstić information content (AvgIpc) is 3.05. The normalized spacial score (nSPS) is 17.4. The van der Waals surface area contributed by atoms with Gasteiger partial charge in [-0.15, -0.1) is 5.10 Å². The number of hydrogen-bond donors (Lipinski definition) is 1. The Morgan fingerprint density at radius 2 is 2.29 bits per heavy atom. The lowest BCUT2D eigenvalue weighted by Gasteiger charge is -2.12. The van der Waals surface area contributed by atoms with Crippen LogP contribution in [0.25, 0.3) is 0 Å². The molecule has 0 spiro atoms. The van der Waals surface area contributed by atoms with Crippen LogP contribution in [-0.4, -0.2) is 35.8 Å². The van der Waals surface area contributed by atoms with Crippen LogP contribution < -0.4 is 5.32 Å². The van der Waals surface area contributed by atoms with Gasteiger partial charge in [0.1, 0.15) is 0 Å². The lowest BCUT2D eigenvalue weighted by Crippen LogP contribution is -2.16. The van der Waals surface area contributed by atoms with E-state index in [0.29, 0.717) is 11.8 Å². The third-order valence-corrected chi connectivity index (χ3v) is 3.09. The van der Waals surface area contributed by atoms with Crippen LogP contribution in [0, 0.1) is 5.92 Å². The van der Waals surface area contributed by atoms with E-state index in [4.69, 9.17) is 4.74 Å². The molecule has 1 saturated carbocycles. The zero-order valence-corrected chi connectivity index (χ0v) is 10.9. The van der Waals surface area contributed by atoms with Gasteiger partial charge in [0.05, 0.1) is 18.0 Å². The Balaban J connectivity index is 2.10. The first-order valence-corrected chi connectivity index (χ1v) is 6.32. The summed E-state index contributed by atoms with van der Waals surface area (Å²) in [4.78, 5) is 0. The molecular weight excluding hydrogens is 216 g/mol. The first-order chi connectivity index (χ1) is 8.26. The van der Waals surface area contributed by atoms with Gasteiger partial charge in [-0.25, -0.2) is 4.68 Å². The summed E-state index contributed by atoms with van der Waals surface area (Å²) < 4.78 is 7.25. The Bertz CT molecular complexity index is 359. The van der Waals surface area contributed by atoms with Crippen molar-refractivity contribution in [1.82, 2.24) is 20.3 Å². The highest BCUT2D eigenvalue weighted by molar-refractivity contribution is 5.20. The number of methoxy groups -OCH3 is 1. The second kappa shape index (κ2) is 5.60. The molecule has 1 aliphatic rings. The van der Waals surface area contributed by atoms with E-state index < -0.39 is 0 Å². The van der Waals surface area contributed by atoms with Crippen LogP contribution in [0.2, 0.25) is 0 Å². The topological polar surface area (TPSA) is 52.0 Å². The van der Waals surface area contributed by atoms with Gasteiger partial charge in [-0.1, -0.05) is 12.1 Å². The van der Waals surface area contributed by atoms with Crippen molar-refractivity contribution in [2.24, 2.45) is 5.92 Å². The molecule has 5 heteroatoms. The van der Waals surface area contributed by atoms with Crippen LogP contribution in [0.4, 0.5) is 0 Å². The fourth-order valence-electron chi connectivity index (χ4n) is 2.22. The van der Waals surface area contributed by atoms with Crippen molar-refractivity contribution in [2.45, 2.75) is 38.8 Å². The summed E-state index contributed by atoms with van der Waals surface area (Å²) in [6.45, 7) is 4.66. The molecule has 96 valence electrons. The quantitative estimate of drug-likeness (QED) is 0.774. The Morgan fingerprint density at radius 1 is 1.53 bits per heavy atom. The van der Waals surface area contributed by atoms with Crippen molar-refractivity contribution in [3.05, 3.63) is 11.4 Å². The monoisotopic (exact) mass is 238 g/mol. The molecule has 2 rings (SSSR count). The van der Waals surface area contributed by atoms with Gasteiger partial charge in [0, 0.05) is 26.1 Å². The Morgan fingerprint density at radius 3 is 2.88 bits per heavy atom. The molecule has 0 bridgehead atoms. The molecule has 5 nitrogen and oxygen atoms in total. The molecule has 0 aliphatic heterocycles. The van der Waals surface area contributed by atoms with Gasteiger partial charge in [0.25, 0.3) is 0 Å². The number of rotatable bonds is 7. The number of nitrogens with one attached hydrogen (secondary N) is 1. The highest BCUT2D eigenvalue weighted by Crippen LogP contribution is 2.41. The van der Waals surface area contributed by atoms with Crippen molar-refractivity contribution in [2.75, 3.05) is 20.8 Å². The zero-order valence-electron chi connectivity index (χ0n) is 10.9. The Hall–Kier alpha value is -0.940. The predicted octanol–water partition coefficient (Wildman–Crippen LogP) is 1.16. The lowest BCUT2D eigenvalue weighted by atomic mass is 10.1. The van der Waals surface area contributed by atoms with Crippen molar-refractivity contribution in [3.63, 3.8) is 0 Å². The number of hydrogen-bond acceptors (Lipinski definition) is 4. The highest BCUT2D eigenvalue weighted by Gasteiger charge is 2.31. The first kappa shape index (κ1) is 12.5. The first-order valence-electron chi connectivity index (χ1n) is 6.32. The minimum Gasteiger partial charge on any atom is -0.384 e. The molecule has 1 aromatic rings. The fraction of sp³-hybridized carbons (Fsp3) is 0.833. The molecule has 0 saturated heterocycles. The van der Waals surface area contributed by atoms with Crippen LogP contribution in [0.3, 0.4) is 0 Å². The fourth-order valence-corrected chi connectivity index (χ4v) is 2.22. The van der Waals surface area contributed by atoms with Crippen LogP contribution in [0.1, 0.15) is 37.1 Å². The van der Waals surface area contributed by atoms with E-state index in [2.05, 4.69) is 27.2 Å². The van der Waals surface area contributed by atoms with Gasteiger partial charge in [0.2, 0.25) is 0 Å². The molecule has 0 aromatic carbocycles. The van der Waals surface area contributed by atoms with E-state index in [0.717, 1.165) is 25.4 Å². The highest BCUT2D eigenvalue weighted by atomic mass is 16.5. The van der Waals surface area contributed by atoms with E-state index in [-0.39, 0.29) is 0 Å². The Kier molecular flexibility index (Phi) is 4.12. The third kappa shape index (κ3) is 3.04. The summed E-state index contributed by atoms with van der Waals surface area (Å²) in [5.41, 5.74) is 2.45. The van der Waals surface area contributed by atoms with Crippen LogP contribution in [-0.2, 0) is 17.8 Å². The second-order valence-electron chi connectivity index (χ2n) is 4.97. The maximum Gasteiger partial charge on any atom is 0.0999 e. The molecule has 0 amide bonds. The minimum atomic E-state index is 0.474. The largest absolute Gasteiger partial charge is 0.384 e. The molecule has 1 fully saturated rings. The molecular formula is C12H22N4O. The van der Waals surface area contributed by atoms with Crippen molar-refractivity contribution < 1.29 is 4.74 Å². The van der Waals surface area contributed by atoms with Gasteiger partial charge < -0.3 is 10.1 Å². The zero-order chi connectivity index (χ0) is 12.3. The molecule has 1 aromatic heterocycles. The lowest BCUT2D eigenvalue weighted by molar-refractivity contribution is 0.148. The van der Waals surface area contributed by atoms with Crippen molar-refractivity contribution in [1.29, 1.82) is 0 Å². The summed E-state index contributed by atoms with van der Waals surface area (Å²) in [6, 6.07) is 0. The van der Waals surface area contributed by atoms with Crippen molar-refractivity contribution in [3.8, 4) is 0 Å². The predicted molar refractivity (Wildman–Crippen MR) is 65.8 cm³/mol. The second-order valence-corrected chi connectivity index (χ2v) is 4.97. The van der Waals surface area contributed by atoms with E-state index in [1.165, 1.54) is 18.5 Å². The van der Waals surface area contributed by atoms with E-state index in [9.17, 15) is 0 Å². The Labute approximate surface area is 103 Å². The number of nitrogens with zero attached hydrogens (tertiary/aromatic N) is 3. The minimum absolute atomic E-state index is 0.474. The van der Waals surface area contributed by atoms with E-state index >= 15 is 0 Å². The summed E-state index contributed by atoms with van der Waals surface area (Å²) in [5.74, 6) is 1.16. The summed E-state index contributed by atoms with van der Waals surface area (Å²) in [5, 5.41) is 11.7. The summed E-state index contributed by atoms with van der Waals surface area (Å²) >= 11 is 0. The molecule has 1 atom stereocenters. The standard InChI is InChI=1S/C12H22N4O/c1-9(8-17-3)7-16-12(10-4-5-10)11(6-13-2)14-15-16/h9-10,13H,4-8H2,1-3H3. The van der Waals surface area contributed by atoms with E-state index in [1.54, 1.807) is 7.11 Å². The van der Waals surface area contributed by atoms with Gasteiger partial charge in [-0.3, -0.25) is 0 Å². The summed E-state index contributed by atoms with van der Waals surface area (Å²) in [6.07, 6.45) is 2.56. The van der Waals surface area contributed by atoms with Gasteiger partial charge in [0.15, 0.2) is 0 Å². The van der Waals surface area contributed by atoms with Gasteiger partial charge in [-0.2, -0.15) is 0 Å². The third-order valence-electron chi connectivity index (χ3n) is 3.09. The maximum atomic E-state index is 5.17. The van der Waals surface area contributed by atoms with E-state index in [1.807, 2.05) is 7.05 Å². The van der Waals surface area contributed by atoms with Gasteiger partial charge >= 0.3 is 0 Å².